The van der Waals surface area contributed by atoms with E-state index in [1.54, 1.807) is 19.1 Å². The van der Waals surface area contributed by atoms with Crippen LogP contribution in [0.25, 0.3) is 21.3 Å². The van der Waals surface area contributed by atoms with Crippen molar-refractivity contribution in [2.45, 2.75) is 32.9 Å². The summed E-state index contributed by atoms with van der Waals surface area (Å²) in [6, 6.07) is 13.8. The summed E-state index contributed by atoms with van der Waals surface area (Å²) in [7, 11) is 0. The number of carbonyl (C=O) groups is 1. The van der Waals surface area contributed by atoms with Crippen molar-refractivity contribution >= 4 is 27.5 Å². The molecule has 0 fully saturated rings. The van der Waals surface area contributed by atoms with Gasteiger partial charge in [0, 0.05) is 23.9 Å². The van der Waals surface area contributed by atoms with Crippen molar-refractivity contribution in [1.29, 1.82) is 0 Å². The molecule has 0 aliphatic heterocycles. The minimum absolute atomic E-state index is 0.122. The van der Waals surface area contributed by atoms with Crippen molar-refractivity contribution in [3.05, 3.63) is 87.5 Å². The van der Waals surface area contributed by atoms with E-state index >= 15 is 0 Å². The molecule has 1 amide bonds. The third-order valence-electron chi connectivity index (χ3n) is 5.23. The number of carbonyl (C=O) groups excluding carboxylic acids is 1. The van der Waals surface area contributed by atoms with Crippen LogP contribution in [0.3, 0.4) is 0 Å². The molecule has 31 heavy (non-hydrogen) atoms. The summed E-state index contributed by atoms with van der Waals surface area (Å²) < 4.78 is 14.9. The van der Waals surface area contributed by atoms with Crippen molar-refractivity contribution in [3.63, 3.8) is 0 Å². The van der Waals surface area contributed by atoms with E-state index in [1.807, 2.05) is 36.6 Å². The first-order valence-corrected chi connectivity index (χ1v) is 10.9. The summed E-state index contributed by atoms with van der Waals surface area (Å²) in [6.45, 7) is 4.03. The molecule has 0 aliphatic carbocycles. The smallest absolute Gasteiger partial charge is 0.262 e. The fraction of sp³-hybridized carbons (Fsp3) is 0.208. The first-order chi connectivity index (χ1) is 14.9. The molecule has 1 N–H and O–H groups in total. The molecule has 0 radical (unpaired) electrons. The highest BCUT2D eigenvalue weighted by Crippen LogP contribution is 2.30. The molecular formula is C24H22FN3O2S. The SMILES string of the molecule is Cc1ccc(-c2csc3ncn(CCC(=O)NC(C)c4cccc(F)c4)c(=O)c23)cc1. The Morgan fingerprint density at radius 2 is 2.00 bits per heavy atom. The fourth-order valence-electron chi connectivity index (χ4n) is 3.47. The summed E-state index contributed by atoms with van der Waals surface area (Å²) in [5, 5.41) is 5.37. The Balaban J connectivity index is 1.50. The highest BCUT2D eigenvalue weighted by atomic mass is 32.1. The Kier molecular flexibility index (Phi) is 5.95. The van der Waals surface area contributed by atoms with Gasteiger partial charge in [-0.1, -0.05) is 42.0 Å². The van der Waals surface area contributed by atoms with Gasteiger partial charge in [-0.2, -0.15) is 0 Å². The van der Waals surface area contributed by atoms with E-state index in [1.165, 1.54) is 34.4 Å². The minimum atomic E-state index is -0.343. The van der Waals surface area contributed by atoms with Crippen molar-refractivity contribution in [2.24, 2.45) is 0 Å². The molecule has 0 spiro atoms. The van der Waals surface area contributed by atoms with Gasteiger partial charge in [0.2, 0.25) is 5.91 Å². The van der Waals surface area contributed by atoms with Gasteiger partial charge in [-0.3, -0.25) is 14.2 Å². The van der Waals surface area contributed by atoms with Crippen LogP contribution in [-0.4, -0.2) is 15.5 Å². The lowest BCUT2D eigenvalue weighted by Crippen LogP contribution is -2.29. The van der Waals surface area contributed by atoms with Crippen LogP contribution >= 0.6 is 11.3 Å². The van der Waals surface area contributed by atoms with Gasteiger partial charge in [0.05, 0.1) is 17.8 Å². The highest BCUT2D eigenvalue weighted by Gasteiger charge is 2.15. The van der Waals surface area contributed by atoms with Gasteiger partial charge in [-0.25, -0.2) is 9.37 Å². The number of halogens is 1. The van der Waals surface area contributed by atoms with Gasteiger partial charge >= 0.3 is 0 Å². The lowest BCUT2D eigenvalue weighted by Gasteiger charge is -2.14. The van der Waals surface area contributed by atoms with Crippen LogP contribution in [0.5, 0.6) is 0 Å². The molecule has 7 heteroatoms. The van der Waals surface area contributed by atoms with E-state index in [2.05, 4.69) is 10.3 Å². The van der Waals surface area contributed by atoms with Crippen molar-refractivity contribution in [2.75, 3.05) is 0 Å². The van der Waals surface area contributed by atoms with Crippen LogP contribution < -0.4 is 10.9 Å². The molecule has 0 saturated heterocycles. The average Bonchev–Trinajstić information content (AvgIpc) is 3.19. The molecule has 0 saturated carbocycles. The number of thiophene rings is 1. The van der Waals surface area contributed by atoms with Crippen molar-refractivity contribution < 1.29 is 9.18 Å². The lowest BCUT2D eigenvalue weighted by atomic mass is 10.1. The Hall–Kier alpha value is -3.32. The Morgan fingerprint density at radius 3 is 2.74 bits per heavy atom. The molecule has 2 aromatic heterocycles. The third kappa shape index (κ3) is 4.56. The Labute approximate surface area is 183 Å². The molecule has 4 aromatic rings. The van der Waals surface area contributed by atoms with Gasteiger partial charge in [0.25, 0.3) is 5.56 Å². The second-order valence-corrected chi connectivity index (χ2v) is 8.39. The largest absolute Gasteiger partial charge is 0.350 e. The fourth-order valence-corrected chi connectivity index (χ4v) is 4.37. The van der Waals surface area contributed by atoms with Crippen LogP contribution in [0.1, 0.15) is 30.5 Å². The van der Waals surface area contributed by atoms with Gasteiger partial charge in [0.1, 0.15) is 10.6 Å². The number of benzene rings is 2. The van der Waals surface area contributed by atoms with Gasteiger partial charge in [-0.05, 0) is 37.1 Å². The predicted octanol–water partition coefficient (Wildman–Crippen LogP) is 4.84. The molecular weight excluding hydrogens is 413 g/mol. The summed E-state index contributed by atoms with van der Waals surface area (Å²) in [5.41, 5.74) is 3.51. The van der Waals surface area contributed by atoms with E-state index in [-0.39, 0.29) is 36.3 Å². The second-order valence-electron chi connectivity index (χ2n) is 7.53. The van der Waals surface area contributed by atoms with Crippen molar-refractivity contribution in [1.82, 2.24) is 14.9 Å². The first kappa shape index (κ1) is 20.9. The number of hydrogen-bond donors (Lipinski definition) is 1. The quantitative estimate of drug-likeness (QED) is 0.471. The average molecular weight is 436 g/mol. The summed E-state index contributed by atoms with van der Waals surface area (Å²) >= 11 is 1.43. The van der Waals surface area contributed by atoms with Gasteiger partial charge < -0.3 is 5.32 Å². The highest BCUT2D eigenvalue weighted by molar-refractivity contribution is 7.17. The molecule has 1 unspecified atom stereocenters. The van der Waals surface area contributed by atoms with E-state index in [9.17, 15) is 14.0 Å². The summed E-state index contributed by atoms with van der Waals surface area (Å²) in [5.74, 6) is -0.558. The standard InChI is InChI=1S/C24H22FN3O2S/c1-15-6-8-17(9-7-15)20-13-31-23-22(20)24(30)28(14-26-23)11-10-21(29)27-16(2)18-4-3-5-19(25)12-18/h3-9,12-14,16H,10-11H2,1-2H3,(H,27,29). The zero-order chi connectivity index (χ0) is 22.0. The molecule has 1 atom stereocenters. The zero-order valence-corrected chi connectivity index (χ0v) is 18.1. The van der Waals surface area contributed by atoms with E-state index in [0.29, 0.717) is 15.8 Å². The molecule has 5 nitrogen and oxygen atoms in total. The maximum atomic E-state index is 13.4. The number of fused-ring (bicyclic) bond motifs is 1. The lowest BCUT2D eigenvalue weighted by molar-refractivity contribution is -0.121. The maximum absolute atomic E-state index is 13.4. The molecule has 0 aliphatic rings. The third-order valence-corrected chi connectivity index (χ3v) is 6.12. The van der Waals surface area contributed by atoms with Gasteiger partial charge in [0.15, 0.2) is 0 Å². The zero-order valence-electron chi connectivity index (χ0n) is 17.3. The number of aromatic nitrogens is 2. The number of nitrogens with zero attached hydrogens (tertiary/aromatic N) is 2. The second kappa shape index (κ2) is 8.81. The number of hydrogen-bond acceptors (Lipinski definition) is 4. The summed E-state index contributed by atoms with van der Waals surface area (Å²) in [4.78, 5) is 30.6. The number of rotatable bonds is 6. The molecule has 2 aromatic carbocycles. The Bertz CT molecular complexity index is 1290. The van der Waals surface area contributed by atoms with Gasteiger partial charge in [-0.15, -0.1) is 11.3 Å². The van der Waals surface area contributed by atoms with E-state index in [4.69, 9.17) is 0 Å². The molecule has 4 rings (SSSR count). The van der Waals surface area contributed by atoms with Crippen LogP contribution in [0, 0.1) is 12.7 Å². The monoisotopic (exact) mass is 435 g/mol. The molecule has 158 valence electrons. The predicted molar refractivity (Wildman–Crippen MR) is 122 cm³/mol. The van der Waals surface area contributed by atoms with Crippen molar-refractivity contribution in [3.8, 4) is 11.1 Å². The molecule has 2 heterocycles. The van der Waals surface area contributed by atoms with Crippen LogP contribution in [0.15, 0.2) is 65.0 Å². The first-order valence-electron chi connectivity index (χ1n) is 10.0. The van der Waals surface area contributed by atoms with Crippen LogP contribution in [0.4, 0.5) is 4.39 Å². The number of amides is 1. The Morgan fingerprint density at radius 1 is 1.23 bits per heavy atom. The topological polar surface area (TPSA) is 64.0 Å². The number of aryl methyl sites for hydroxylation is 2. The normalized spacial score (nSPS) is 12.1. The number of nitrogens with one attached hydrogen (secondary N) is 1. The van der Waals surface area contributed by atoms with E-state index < -0.39 is 0 Å². The molecule has 0 bridgehead atoms. The van der Waals surface area contributed by atoms with Crippen LogP contribution in [0.2, 0.25) is 0 Å². The minimum Gasteiger partial charge on any atom is -0.350 e. The van der Waals surface area contributed by atoms with E-state index in [0.717, 1.165) is 16.7 Å². The summed E-state index contributed by atoms with van der Waals surface area (Å²) in [6.07, 6.45) is 1.61. The maximum Gasteiger partial charge on any atom is 0.262 e. The van der Waals surface area contributed by atoms with Crippen LogP contribution in [-0.2, 0) is 11.3 Å².